The van der Waals surface area contributed by atoms with Gasteiger partial charge in [-0.1, -0.05) is 23.8 Å². The summed E-state index contributed by atoms with van der Waals surface area (Å²) >= 11 is 5.79. The predicted molar refractivity (Wildman–Crippen MR) is 73.9 cm³/mol. The molecule has 0 saturated heterocycles. The second-order valence-corrected chi connectivity index (χ2v) is 4.70. The molecule has 0 spiro atoms. The lowest BCUT2D eigenvalue weighted by atomic mass is 10.0. The lowest BCUT2D eigenvalue weighted by Crippen LogP contribution is -2.23. The molecule has 94 valence electrons. The smallest absolute Gasteiger partial charge is 0.267 e. The van der Waals surface area contributed by atoms with Crippen LogP contribution in [0.3, 0.4) is 0 Å². The van der Waals surface area contributed by atoms with Crippen LogP contribution in [-0.4, -0.2) is 9.78 Å². The standard InChI is InChI=1S/C14H15ClN2O/c1-9-4-5-12(10(2)6-9)13-7-11(8-15)14(18)17(3)16-13/h4-7H,8H2,1-3H3. The first kappa shape index (κ1) is 12.8. The number of nitrogens with zero attached hydrogens (tertiary/aromatic N) is 2. The van der Waals surface area contributed by atoms with E-state index in [0.29, 0.717) is 5.56 Å². The summed E-state index contributed by atoms with van der Waals surface area (Å²) in [6.07, 6.45) is 0. The predicted octanol–water partition coefficient (Wildman–Crippen LogP) is 2.80. The highest BCUT2D eigenvalue weighted by Crippen LogP contribution is 2.22. The Morgan fingerprint density at radius 2 is 2.00 bits per heavy atom. The second-order valence-electron chi connectivity index (χ2n) is 4.44. The quantitative estimate of drug-likeness (QED) is 0.780. The number of rotatable bonds is 2. The third-order valence-electron chi connectivity index (χ3n) is 2.94. The van der Waals surface area contributed by atoms with Gasteiger partial charge in [0.05, 0.1) is 11.6 Å². The molecule has 2 rings (SSSR count). The van der Waals surface area contributed by atoms with Gasteiger partial charge in [0.25, 0.3) is 5.56 Å². The van der Waals surface area contributed by atoms with Crippen LogP contribution < -0.4 is 5.56 Å². The molecule has 4 heteroatoms. The van der Waals surface area contributed by atoms with E-state index in [2.05, 4.69) is 18.1 Å². The minimum absolute atomic E-state index is 0.140. The molecule has 1 aromatic heterocycles. The molecule has 0 amide bonds. The second kappa shape index (κ2) is 4.94. The van der Waals surface area contributed by atoms with Crippen molar-refractivity contribution in [2.45, 2.75) is 19.7 Å². The van der Waals surface area contributed by atoms with Crippen molar-refractivity contribution in [3.05, 3.63) is 51.3 Å². The number of aromatic nitrogens is 2. The molecule has 18 heavy (non-hydrogen) atoms. The van der Waals surface area contributed by atoms with E-state index in [1.54, 1.807) is 13.1 Å². The molecule has 1 heterocycles. The topological polar surface area (TPSA) is 34.9 Å². The van der Waals surface area contributed by atoms with Crippen molar-refractivity contribution in [2.24, 2.45) is 7.05 Å². The van der Waals surface area contributed by atoms with E-state index in [-0.39, 0.29) is 11.4 Å². The highest BCUT2D eigenvalue weighted by Gasteiger charge is 2.09. The first-order chi connectivity index (χ1) is 8.52. The summed E-state index contributed by atoms with van der Waals surface area (Å²) in [5.74, 6) is 0.201. The van der Waals surface area contributed by atoms with E-state index in [4.69, 9.17) is 11.6 Å². The first-order valence-electron chi connectivity index (χ1n) is 5.73. The van der Waals surface area contributed by atoms with Gasteiger partial charge in [0.15, 0.2) is 0 Å². The zero-order valence-electron chi connectivity index (χ0n) is 10.7. The van der Waals surface area contributed by atoms with Gasteiger partial charge in [-0.3, -0.25) is 4.79 Å². The summed E-state index contributed by atoms with van der Waals surface area (Å²) < 4.78 is 1.34. The largest absolute Gasteiger partial charge is 0.270 e. The Bertz CT molecular complexity index is 647. The van der Waals surface area contributed by atoms with Crippen molar-refractivity contribution in [1.29, 1.82) is 0 Å². The van der Waals surface area contributed by atoms with Gasteiger partial charge in [0, 0.05) is 18.2 Å². The number of benzene rings is 1. The van der Waals surface area contributed by atoms with Crippen molar-refractivity contribution >= 4 is 11.6 Å². The average molecular weight is 263 g/mol. The van der Waals surface area contributed by atoms with Gasteiger partial charge in [-0.15, -0.1) is 11.6 Å². The maximum Gasteiger partial charge on any atom is 0.270 e. The minimum Gasteiger partial charge on any atom is -0.267 e. The van der Waals surface area contributed by atoms with Crippen LogP contribution in [0.2, 0.25) is 0 Å². The first-order valence-corrected chi connectivity index (χ1v) is 6.27. The van der Waals surface area contributed by atoms with Crippen LogP contribution in [0.5, 0.6) is 0 Å². The van der Waals surface area contributed by atoms with Gasteiger partial charge in [-0.2, -0.15) is 5.10 Å². The van der Waals surface area contributed by atoms with Gasteiger partial charge in [-0.05, 0) is 25.5 Å². The van der Waals surface area contributed by atoms with Crippen molar-refractivity contribution < 1.29 is 0 Å². The maximum atomic E-state index is 11.7. The fraction of sp³-hybridized carbons (Fsp3) is 0.286. The van der Waals surface area contributed by atoms with Crippen LogP contribution in [-0.2, 0) is 12.9 Å². The molecule has 0 saturated carbocycles. The van der Waals surface area contributed by atoms with Crippen molar-refractivity contribution in [3.8, 4) is 11.3 Å². The van der Waals surface area contributed by atoms with Gasteiger partial charge in [0.2, 0.25) is 0 Å². The number of alkyl halides is 1. The van der Waals surface area contributed by atoms with Gasteiger partial charge >= 0.3 is 0 Å². The molecule has 0 aliphatic carbocycles. The molecule has 0 radical (unpaired) electrons. The fourth-order valence-electron chi connectivity index (χ4n) is 2.00. The Hall–Kier alpha value is -1.61. The SMILES string of the molecule is Cc1ccc(-c2cc(CCl)c(=O)n(C)n2)c(C)c1. The molecule has 0 aliphatic rings. The van der Waals surface area contributed by atoms with Crippen molar-refractivity contribution in [3.63, 3.8) is 0 Å². The van der Waals surface area contributed by atoms with E-state index in [1.807, 2.05) is 19.1 Å². The molecule has 0 fully saturated rings. The number of hydrogen-bond donors (Lipinski definition) is 0. The fourth-order valence-corrected chi connectivity index (χ4v) is 2.19. The lowest BCUT2D eigenvalue weighted by Gasteiger charge is -2.09. The summed E-state index contributed by atoms with van der Waals surface area (Å²) in [5.41, 5.74) is 4.59. The average Bonchev–Trinajstić information content (AvgIpc) is 2.32. The summed E-state index contributed by atoms with van der Waals surface area (Å²) in [5, 5.41) is 4.29. The molecule has 0 aliphatic heterocycles. The van der Waals surface area contributed by atoms with E-state index in [1.165, 1.54) is 10.2 Å². The van der Waals surface area contributed by atoms with Gasteiger partial charge < -0.3 is 0 Å². The molecule has 0 atom stereocenters. The molecule has 1 aromatic carbocycles. The Labute approximate surface area is 111 Å². The Balaban J connectivity index is 2.64. The van der Waals surface area contributed by atoms with Crippen LogP contribution in [0, 0.1) is 13.8 Å². The normalized spacial score (nSPS) is 10.7. The van der Waals surface area contributed by atoms with E-state index in [9.17, 15) is 4.79 Å². The van der Waals surface area contributed by atoms with Crippen LogP contribution >= 0.6 is 11.6 Å². The van der Waals surface area contributed by atoms with Crippen LogP contribution in [0.1, 0.15) is 16.7 Å². The molecule has 0 N–H and O–H groups in total. The summed E-state index contributed by atoms with van der Waals surface area (Å²) in [4.78, 5) is 11.7. The van der Waals surface area contributed by atoms with E-state index < -0.39 is 0 Å². The molecule has 0 unspecified atom stereocenters. The highest BCUT2D eigenvalue weighted by atomic mass is 35.5. The Kier molecular flexibility index (Phi) is 3.53. The van der Waals surface area contributed by atoms with Gasteiger partial charge in [-0.25, -0.2) is 4.68 Å². The third-order valence-corrected chi connectivity index (χ3v) is 3.23. The Morgan fingerprint density at radius 1 is 1.28 bits per heavy atom. The van der Waals surface area contributed by atoms with E-state index in [0.717, 1.165) is 16.8 Å². The van der Waals surface area contributed by atoms with Crippen LogP contribution in [0.4, 0.5) is 0 Å². The van der Waals surface area contributed by atoms with E-state index >= 15 is 0 Å². The number of aryl methyl sites for hydroxylation is 3. The number of halogens is 1. The maximum absolute atomic E-state index is 11.7. The van der Waals surface area contributed by atoms with Crippen LogP contribution in [0.25, 0.3) is 11.3 Å². The van der Waals surface area contributed by atoms with Crippen LogP contribution in [0.15, 0.2) is 29.1 Å². The molecule has 2 aromatic rings. The summed E-state index contributed by atoms with van der Waals surface area (Å²) in [7, 11) is 1.64. The van der Waals surface area contributed by atoms with Crippen molar-refractivity contribution in [1.82, 2.24) is 9.78 Å². The zero-order valence-corrected chi connectivity index (χ0v) is 11.5. The van der Waals surface area contributed by atoms with Gasteiger partial charge in [0.1, 0.15) is 0 Å². The minimum atomic E-state index is -0.140. The molecular weight excluding hydrogens is 248 g/mol. The molecular formula is C14H15ClN2O. The monoisotopic (exact) mass is 262 g/mol. The zero-order chi connectivity index (χ0) is 13.3. The molecule has 0 bridgehead atoms. The highest BCUT2D eigenvalue weighted by molar-refractivity contribution is 6.17. The number of hydrogen-bond acceptors (Lipinski definition) is 2. The van der Waals surface area contributed by atoms with Crippen molar-refractivity contribution in [2.75, 3.05) is 0 Å². The summed E-state index contributed by atoms with van der Waals surface area (Å²) in [6.45, 7) is 4.09. The Morgan fingerprint density at radius 3 is 2.61 bits per heavy atom. The third kappa shape index (κ3) is 2.31. The molecule has 3 nitrogen and oxygen atoms in total. The lowest BCUT2D eigenvalue weighted by molar-refractivity contribution is 0.703. The summed E-state index contributed by atoms with van der Waals surface area (Å²) in [6, 6.07) is 7.93.